The van der Waals surface area contributed by atoms with Crippen LogP contribution in [0.5, 0.6) is 0 Å². The highest BCUT2D eigenvalue weighted by Crippen LogP contribution is 2.33. The smallest absolute Gasteiger partial charge is 0.306 e. The van der Waals surface area contributed by atoms with Crippen LogP contribution in [0.15, 0.2) is 0 Å². The zero-order valence-corrected chi connectivity index (χ0v) is 20.0. The van der Waals surface area contributed by atoms with E-state index in [2.05, 4.69) is 17.6 Å². The Kier molecular flexibility index (Phi) is 10.7. The molecule has 3 N–H and O–H groups in total. The lowest BCUT2D eigenvalue weighted by Crippen LogP contribution is -2.40. The molecule has 2 rings (SSSR count). The second-order valence-corrected chi connectivity index (χ2v) is 10.2. The van der Waals surface area contributed by atoms with Gasteiger partial charge in [0.15, 0.2) is 0 Å². The van der Waals surface area contributed by atoms with Gasteiger partial charge in [-0.2, -0.15) is 0 Å². The van der Waals surface area contributed by atoms with Crippen molar-refractivity contribution in [2.45, 2.75) is 96.9 Å². The first-order valence-electron chi connectivity index (χ1n) is 12.5. The van der Waals surface area contributed by atoms with E-state index in [0.29, 0.717) is 19.3 Å². The number of carboxylic acids is 1. The van der Waals surface area contributed by atoms with E-state index in [-0.39, 0.29) is 42.4 Å². The molecule has 0 bridgehead atoms. The standard InChI is InChI=1S/C25H42N2O5/c1-16-7-4-5-9-22(10-6-8-16)27-24(30)19-12-11-18(17(2)28)13-20(23(29)26-3)15-21(14-19)25(31)32/h16,18-22H,4-15H2,1-3H3,(H,26,29)(H,27,30)(H,31,32). The molecule has 7 heteroatoms. The predicted molar refractivity (Wildman–Crippen MR) is 123 cm³/mol. The van der Waals surface area contributed by atoms with E-state index in [1.807, 2.05) is 0 Å². The number of Topliss-reactive ketones (excluding diaryl/α,β-unsaturated/α-hetero) is 1. The van der Waals surface area contributed by atoms with Gasteiger partial charge in [0.2, 0.25) is 11.8 Å². The normalized spacial score (nSPS) is 32.6. The van der Waals surface area contributed by atoms with E-state index in [0.717, 1.165) is 31.6 Å². The summed E-state index contributed by atoms with van der Waals surface area (Å²) in [4.78, 5) is 49.8. The number of ketones is 1. The molecule has 0 aliphatic heterocycles. The van der Waals surface area contributed by atoms with Crippen LogP contribution in [0, 0.1) is 29.6 Å². The van der Waals surface area contributed by atoms with Crippen LogP contribution in [-0.2, 0) is 19.2 Å². The van der Waals surface area contributed by atoms with Crippen LogP contribution in [0.2, 0.25) is 0 Å². The molecule has 2 saturated carbocycles. The van der Waals surface area contributed by atoms with E-state index >= 15 is 0 Å². The summed E-state index contributed by atoms with van der Waals surface area (Å²) in [7, 11) is 1.53. The van der Waals surface area contributed by atoms with Gasteiger partial charge in [-0.1, -0.05) is 39.0 Å². The summed E-state index contributed by atoms with van der Waals surface area (Å²) in [6, 6.07) is 0.130. The van der Waals surface area contributed by atoms with Crippen LogP contribution in [0.3, 0.4) is 0 Å². The first kappa shape index (κ1) is 26.3. The molecule has 0 aromatic heterocycles. The molecule has 32 heavy (non-hydrogen) atoms. The molecule has 0 aromatic carbocycles. The third kappa shape index (κ3) is 8.21. The second-order valence-electron chi connectivity index (χ2n) is 10.2. The summed E-state index contributed by atoms with van der Waals surface area (Å²) in [5.74, 6) is -2.66. The van der Waals surface area contributed by atoms with Gasteiger partial charge in [0.25, 0.3) is 0 Å². The van der Waals surface area contributed by atoms with Crippen molar-refractivity contribution in [3.05, 3.63) is 0 Å². The van der Waals surface area contributed by atoms with Crippen molar-refractivity contribution in [2.24, 2.45) is 29.6 Å². The average molecular weight is 451 g/mol. The molecule has 6 unspecified atom stereocenters. The van der Waals surface area contributed by atoms with Crippen LogP contribution < -0.4 is 10.6 Å². The Bertz CT molecular complexity index is 665. The summed E-state index contributed by atoms with van der Waals surface area (Å²) >= 11 is 0. The van der Waals surface area contributed by atoms with Gasteiger partial charge in [0.05, 0.1) is 5.92 Å². The highest BCUT2D eigenvalue weighted by Gasteiger charge is 2.36. The fourth-order valence-corrected chi connectivity index (χ4v) is 5.44. The van der Waals surface area contributed by atoms with Crippen molar-refractivity contribution < 1.29 is 24.3 Å². The maximum absolute atomic E-state index is 13.2. The number of nitrogens with one attached hydrogen (secondary N) is 2. The van der Waals surface area contributed by atoms with Crippen molar-refractivity contribution in [2.75, 3.05) is 7.05 Å². The molecule has 0 aromatic rings. The monoisotopic (exact) mass is 450 g/mol. The molecule has 7 nitrogen and oxygen atoms in total. The van der Waals surface area contributed by atoms with Crippen molar-refractivity contribution >= 4 is 23.6 Å². The van der Waals surface area contributed by atoms with Gasteiger partial charge in [0.1, 0.15) is 5.78 Å². The molecule has 2 aliphatic carbocycles. The Morgan fingerprint density at radius 2 is 1.28 bits per heavy atom. The molecular formula is C25H42N2O5. The number of carbonyl (C=O) groups is 4. The lowest BCUT2D eigenvalue weighted by Gasteiger charge is -2.24. The average Bonchev–Trinajstić information content (AvgIpc) is 2.91. The summed E-state index contributed by atoms with van der Waals surface area (Å²) in [5, 5.41) is 15.6. The Morgan fingerprint density at radius 3 is 1.94 bits per heavy atom. The fraction of sp³-hybridized carbons (Fsp3) is 0.840. The maximum atomic E-state index is 13.2. The topological polar surface area (TPSA) is 113 Å². The minimum Gasteiger partial charge on any atom is -0.481 e. The second kappa shape index (κ2) is 12.9. The van der Waals surface area contributed by atoms with Gasteiger partial charge in [-0.3, -0.25) is 19.2 Å². The molecule has 0 heterocycles. The Labute approximate surface area is 192 Å². The van der Waals surface area contributed by atoms with Gasteiger partial charge in [-0.25, -0.2) is 0 Å². The molecule has 0 spiro atoms. The van der Waals surface area contributed by atoms with Crippen LogP contribution >= 0.6 is 0 Å². The van der Waals surface area contributed by atoms with Gasteiger partial charge < -0.3 is 15.7 Å². The number of aliphatic carboxylic acids is 1. The van der Waals surface area contributed by atoms with Crippen LogP contribution in [0.1, 0.15) is 90.9 Å². The number of hydrogen-bond donors (Lipinski definition) is 3. The minimum absolute atomic E-state index is 0.00257. The summed E-state index contributed by atoms with van der Waals surface area (Å²) < 4.78 is 0. The SMILES string of the molecule is CNC(=O)C1CC(C(C)=O)CCC(C(=O)NC2CCCCC(C)CCC2)CC(C(=O)O)C1. The Morgan fingerprint density at radius 1 is 0.719 bits per heavy atom. The van der Waals surface area contributed by atoms with Crippen molar-refractivity contribution in [1.82, 2.24) is 10.6 Å². The molecule has 2 amide bonds. The van der Waals surface area contributed by atoms with Crippen LogP contribution in [0.25, 0.3) is 0 Å². The third-order valence-corrected chi connectivity index (χ3v) is 7.58. The molecule has 0 radical (unpaired) electrons. The summed E-state index contributed by atoms with van der Waals surface area (Å²) in [5.41, 5.74) is 0. The summed E-state index contributed by atoms with van der Waals surface area (Å²) in [6.07, 6.45) is 9.40. The van der Waals surface area contributed by atoms with Gasteiger partial charge >= 0.3 is 5.97 Å². The molecule has 2 fully saturated rings. The molecule has 6 atom stereocenters. The first-order valence-corrected chi connectivity index (χ1v) is 12.5. The van der Waals surface area contributed by atoms with E-state index in [4.69, 9.17) is 0 Å². The Hall–Kier alpha value is -1.92. The van der Waals surface area contributed by atoms with E-state index in [1.165, 1.54) is 33.2 Å². The zero-order chi connectivity index (χ0) is 23.7. The third-order valence-electron chi connectivity index (χ3n) is 7.58. The van der Waals surface area contributed by atoms with E-state index < -0.39 is 23.7 Å². The minimum atomic E-state index is -0.977. The van der Waals surface area contributed by atoms with Crippen LogP contribution in [0.4, 0.5) is 0 Å². The van der Waals surface area contributed by atoms with Crippen molar-refractivity contribution in [1.29, 1.82) is 0 Å². The Balaban J connectivity index is 2.14. The maximum Gasteiger partial charge on any atom is 0.306 e. The van der Waals surface area contributed by atoms with Gasteiger partial charge in [-0.05, 0) is 57.8 Å². The predicted octanol–water partition coefficient (Wildman–Crippen LogP) is 3.70. The molecule has 182 valence electrons. The quantitative estimate of drug-likeness (QED) is 0.591. The largest absolute Gasteiger partial charge is 0.481 e. The van der Waals surface area contributed by atoms with E-state index in [9.17, 15) is 24.3 Å². The lowest BCUT2D eigenvalue weighted by molar-refractivity contribution is -0.143. The van der Waals surface area contributed by atoms with Gasteiger partial charge in [0, 0.05) is 30.8 Å². The lowest BCUT2D eigenvalue weighted by atomic mass is 9.84. The van der Waals surface area contributed by atoms with Crippen LogP contribution in [-0.4, -0.2) is 41.8 Å². The molecule has 2 aliphatic rings. The first-order chi connectivity index (χ1) is 15.2. The summed E-state index contributed by atoms with van der Waals surface area (Å²) in [6.45, 7) is 3.81. The number of carbonyl (C=O) groups excluding carboxylic acids is 3. The highest BCUT2D eigenvalue weighted by molar-refractivity contribution is 5.83. The number of amides is 2. The number of carboxylic acid groups (broad SMARTS) is 1. The number of rotatable bonds is 5. The van der Waals surface area contributed by atoms with Gasteiger partial charge in [-0.15, -0.1) is 0 Å². The van der Waals surface area contributed by atoms with Crippen molar-refractivity contribution in [3.63, 3.8) is 0 Å². The highest BCUT2D eigenvalue weighted by atomic mass is 16.4. The van der Waals surface area contributed by atoms with Crippen molar-refractivity contribution in [3.8, 4) is 0 Å². The zero-order valence-electron chi connectivity index (χ0n) is 20.0. The molecular weight excluding hydrogens is 408 g/mol. The number of hydrogen-bond acceptors (Lipinski definition) is 4. The fourth-order valence-electron chi connectivity index (χ4n) is 5.44. The molecule has 0 saturated heterocycles. The van der Waals surface area contributed by atoms with E-state index in [1.54, 1.807) is 0 Å².